The Morgan fingerprint density at radius 1 is 1.39 bits per heavy atom. The van der Waals surface area contributed by atoms with Crippen LogP contribution in [0.4, 0.5) is 0 Å². The summed E-state index contributed by atoms with van der Waals surface area (Å²) in [6.45, 7) is 5.71. The molecule has 1 atom stereocenters. The molecular formula is C13H21N3O2. The molecule has 1 saturated heterocycles. The van der Waals surface area contributed by atoms with E-state index in [1.807, 2.05) is 6.20 Å². The molecule has 0 saturated carbocycles. The van der Waals surface area contributed by atoms with Crippen molar-refractivity contribution in [2.45, 2.75) is 45.0 Å². The first-order valence-electron chi connectivity index (χ1n) is 6.73. The lowest BCUT2D eigenvalue weighted by molar-refractivity contribution is 0.0244. The maximum Gasteiger partial charge on any atom is 0.162 e. The number of aromatic nitrogens is 2. The van der Waals surface area contributed by atoms with Crippen LogP contribution in [-0.4, -0.2) is 47.1 Å². The standard InChI is InChI=1S/C13H21N3O2/c1-10-8-16-12(9-15(10)2)13(7-14-16)18-11-3-5-17-6-4-11/h7,10-11H,3-6,8-9H2,1-2H3/t10-/m0/s1. The van der Waals surface area contributed by atoms with E-state index in [0.29, 0.717) is 6.04 Å². The topological polar surface area (TPSA) is 39.5 Å². The molecular weight excluding hydrogens is 230 g/mol. The number of ether oxygens (including phenoxy) is 2. The van der Waals surface area contributed by atoms with Crippen molar-refractivity contribution in [3.63, 3.8) is 0 Å². The summed E-state index contributed by atoms with van der Waals surface area (Å²) in [6, 6.07) is 0.535. The summed E-state index contributed by atoms with van der Waals surface area (Å²) in [6.07, 6.45) is 4.13. The Balaban J connectivity index is 1.73. The SMILES string of the molecule is C[C@H]1Cn2ncc(OC3CCOCC3)c2CN1C. The quantitative estimate of drug-likeness (QED) is 0.793. The third-order valence-electron chi connectivity index (χ3n) is 3.96. The summed E-state index contributed by atoms with van der Waals surface area (Å²) in [5, 5.41) is 4.44. The van der Waals surface area contributed by atoms with Gasteiger partial charge in [-0.3, -0.25) is 9.58 Å². The Kier molecular flexibility index (Phi) is 3.26. The Morgan fingerprint density at radius 3 is 2.94 bits per heavy atom. The number of rotatable bonds is 2. The highest BCUT2D eigenvalue weighted by atomic mass is 16.5. The van der Waals surface area contributed by atoms with Gasteiger partial charge in [-0.25, -0.2) is 0 Å². The first-order valence-corrected chi connectivity index (χ1v) is 6.73. The van der Waals surface area contributed by atoms with Crippen LogP contribution in [-0.2, 0) is 17.8 Å². The molecule has 3 heterocycles. The molecule has 0 unspecified atom stereocenters. The zero-order valence-corrected chi connectivity index (χ0v) is 11.1. The molecule has 100 valence electrons. The lowest BCUT2D eigenvalue weighted by atomic mass is 10.1. The summed E-state index contributed by atoms with van der Waals surface area (Å²) < 4.78 is 13.5. The first kappa shape index (κ1) is 12.0. The molecule has 5 heteroatoms. The molecule has 18 heavy (non-hydrogen) atoms. The fraction of sp³-hybridized carbons (Fsp3) is 0.769. The lowest BCUT2D eigenvalue weighted by Crippen LogP contribution is -2.38. The van der Waals surface area contributed by atoms with E-state index >= 15 is 0 Å². The second-order valence-corrected chi connectivity index (χ2v) is 5.33. The Bertz CT molecular complexity index is 412. The maximum absolute atomic E-state index is 6.09. The van der Waals surface area contributed by atoms with Crippen molar-refractivity contribution in [3.05, 3.63) is 11.9 Å². The molecule has 3 rings (SSSR count). The molecule has 5 nitrogen and oxygen atoms in total. The summed E-state index contributed by atoms with van der Waals surface area (Å²) in [4.78, 5) is 2.34. The van der Waals surface area contributed by atoms with Gasteiger partial charge in [0.1, 0.15) is 6.10 Å². The molecule has 1 aromatic heterocycles. The third kappa shape index (κ3) is 2.24. The van der Waals surface area contributed by atoms with Crippen molar-refractivity contribution in [1.82, 2.24) is 14.7 Å². The highest BCUT2D eigenvalue weighted by Crippen LogP contribution is 2.27. The largest absolute Gasteiger partial charge is 0.487 e. The van der Waals surface area contributed by atoms with Crippen LogP contribution in [0, 0.1) is 0 Å². The van der Waals surface area contributed by atoms with Crippen molar-refractivity contribution in [2.24, 2.45) is 0 Å². The molecule has 1 fully saturated rings. The minimum Gasteiger partial charge on any atom is -0.487 e. The number of nitrogens with zero attached hydrogens (tertiary/aromatic N) is 3. The smallest absolute Gasteiger partial charge is 0.162 e. The fourth-order valence-electron chi connectivity index (χ4n) is 2.56. The van der Waals surface area contributed by atoms with E-state index in [4.69, 9.17) is 9.47 Å². The third-order valence-corrected chi connectivity index (χ3v) is 3.96. The minimum absolute atomic E-state index is 0.289. The van der Waals surface area contributed by atoms with Crippen LogP contribution in [0.3, 0.4) is 0 Å². The highest BCUT2D eigenvalue weighted by molar-refractivity contribution is 5.26. The van der Waals surface area contributed by atoms with Gasteiger partial charge >= 0.3 is 0 Å². The number of hydrogen-bond acceptors (Lipinski definition) is 4. The first-order chi connectivity index (χ1) is 8.74. The van der Waals surface area contributed by atoms with Crippen LogP contribution >= 0.6 is 0 Å². The van der Waals surface area contributed by atoms with E-state index in [9.17, 15) is 0 Å². The Morgan fingerprint density at radius 2 is 2.17 bits per heavy atom. The Labute approximate surface area is 108 Å². The van der Waals surface area contributed by atoms with Gasteiger partial charge < -0.3 is 9.47 Å². The molecule has 0 N–H and O–H groups in total. The van der Waals surface area contributed by atoms with Crippen LogP contribution in [0.15, 0.2) is 6.20 Å². The number of likely N-dealkylation sites (N-methyl/N-ethyl adjacent to an activating group) is 1. The van der Waals surface area contributed by atoms with E-state index in [0.717, 1.165) is 44.9 Å². The van der Waals surface area contributed by atoms with Crippen LogP contribution in [0.1, 0.15) is 25.5 Å². The van der Waals surface area contributed by atoms with Crippen LogP contribution < -0.4 is 4.74 Å². The summed E-state index contributed by atoms with van der Waals surface area (Å²) in [5.41, 5.74) is 1.21. The minimum atomic E-state index is 0.289. The van der Waals surface area contributed by atoms with Gasteiger partial charge in [0.25, 0.3) is 0 Å². The van der Waals surface area contributed by atoms with Crippen LogP contribution in [0.5, 0.6) is 5.75 Å². The van der Waals surface area contributed by atoms with Crippen molar-refractivity contribution in [2.75, 3.05) is 20.3 Å². The zero-order valence-electron chi connectivity index (χ0n) is 11.1. The van der Waals surface area contributed by atoms with Crippen molar-refractivity contribution in [3.8, 4) is 5.75 Å². The summed E-state index contributed by atoms with van der Waals surface area (Å²) >= 11 is 0. The highest BCUT2D eigenvalue weighted by Gasteiger charge is 2.25. The Hall–Kier alpha value is -1.07. The molecule has 0 amide bonds. The fourth-order valence-corrected chi connectivity index (χ4v) is 2.56. The zero-order chi connectivity index (χ0) is 12.5. The van der Waals surface area contributed by atoms with E-state index < -0.39 is 0 Å². The van der Waals surface area contributed by atoms with Gasteiger partial charge in [0.05, 0.1) is 31.6 Å². The van der Waals surface area contributed by atoms with Gasteiger partial charge in [0.2, 0.25) is 0 Å². The monoisotopic (exact) mass is 251 g/mol. The predicted octanol–water partition coefficient (Wildman–Crippen LogP) is 1.27. The predicted molar refractivity (Wildman–Crippen MR) is 67.6 cm³/mol. The molecule has 0 radical (unpaired) electrons. The molecule has 0 aromatic carbocycles. The molecule has 0 spiro atoms. The summed E-state index contributed by atoms with van der Waals surface area (Å²) in [7, 11) is 2.15. The second-order valence-electron chi connectivity index (χ2n) is 5.33. The van der Waals surface area contributed by atoms with Gasteiger partial charge in [0.15, 0.2) is 5.75 Å². The molecule has 2 aliphatic heterocycles. The second kappa shape index (κ2) is 4.90. The van der Waals surface area contributed by atoms with Gasteiger partial charge in [-0.2, -0.15) is 5.10 Å². The van der Waals surface area contributed by atoms with E-state index in [1.54, 1.807) is 0 Å². The van der Waals surface area contributed by atoms with Crippen molar-refractivity contribution < 1.29 is 9.47 Å². The van der Waals surface area contributed by atoms with Crippen LogP contribution in [0.2, 0.25) is 0 Å². The molecule has 0 bridgehead atoms. The number of hydrogen-bond donors (Lipinski definition) is 0. The van der Waals surface area contributed by atoms with Crippen molar-refractivity contribution in [1.29, 1.82) is 0 Å². The summed E-state index contributed by atoms with van der Waals surface area (Å²) in [5.74, 6) is 0.959. The average molecular weight is 251 g/mol. The van der Waals surface area contributed by atoms with Crippen LogP contribution in [0.25, 0.3) is 0 Å². The van der Waals surface area contributed by atoms with Gasteiger partial charge in [0, 0.05) is 25.4 Å². The van der Waals surface area contributed by atoms with Gasteiger partial charge in [-0.05, 0) is 14.0 Å². The van der Waals surface area contributed by atoms with Gasteiger partial charge in [-0.15, -0.1) is 0 Å². The normalized spacial score (nSPS) is 26.0. The van der Waals surface area contributed by atoms with E-state index in [2.05, 4.69) is 28.7 Å². The average Bonchev–Trinajstić information content (AvgIpc) is 2.74. The van der Waals surface area contributed by atoms with Crippen molar-refractivity contribution >= 4 is 0 Å². The number of fused-ring (bicyclic) bond motifs is 1. The lowest BCUT2D eigenvalue weighted by Gasteiger charge is -2.31. The molecule has 2 aliphatic rings. The van der Waals surface area contributed by atoms with E-state index in [-0.39, 0.29) is 6.10 Å². The van der Waals surface area contributed by atoms with Gasteiger partial charge in [-0.1, -0.05) is 0 Å². The molecule has 0 aliphatic carbocycles. The molecule has 1 aromatic rings. The van der Waals surface area contributed by atoms with E-state index in [1.165, 1.54) is 5.69 Å². The maximum atomic E-state index is 6.09.